The van der Waals surface area contributed by atoms with Gasteiger partial charge in [-0.3, -0.25) is 30.3 Å². The quantitative estimate of drug-likeness (QED) is 0.332. The average Bonchev–Trinajstić information content (AvgIpc) is 2.71. The molecule has 0 amide bonds. The van der Waals surface area contributed by atoms with E-state index in [1.165, 1.54) is 0 Å². The molecule has 0 N–H and O–H groups in total. The second-order valence-corrected chi connectivity index (χ2v) is 6.99. The van der Waals surface area contributed by atoms with Gasteiger partial charge in [0.25, 0.3) is 0 Å². The van der Waals surface area contributed by atoms with Gasteiger partial charge in [0, 0.05) is 17.9 Å². The lowest BCUT2D eigenvalue weighted by atomic mass is 9.60. The number of rotatable bonds is 3. The van der Waals surface area contributed by atoms with Crippen molar-refractivity contribution in [1.82, 2.24) is 0 Å². The third-order valence-electron chi connectivity index (χ3n) is 5.72. The molecule has 6 rings (SSSR count). The Labute approximate surface area is 162 Å². The molecule has 0 saturated carbocycles. The molecule has 0 aliphatic heterocycles. The number of nitro groups is 3. The molecule has 0 radical (unpaired) electrons. The average molecular weight is 389 g/mol. The number of hydrogen-bond acceptors (Lipinski definition) is 6. The van der Waals surface area contributed by atoms with Gasteiger partial charge >= 0.3 is 17.1 Å². The van der Waals surface area contributed by atoms with Gasteiger partial charge in [-0.05, 0) is 27.8 Å². The first kappa shape index (κ1) is 17.0. The van der Waals surface area contributed by atoms with Crippen molar-refractivity contribution < 1.29 is 14.8 Å². The lowest BCUT2D eigenvalue weighted by Crippen LogP contribution is -2.28. The van der Waals surface area contributed by atoms with Crippen molar-refractivity contribution in [2.45, 2.75) is 11.8 Å². The molecule has 0 aromatic heterocycles. The Balaban J connectivity index is 1.97. The predicted octanol–water partition coefficient (Wildman–Crippen LogP) is 4.40. The highest BCUT2D eigenvalue weighted by Gasteiger charge is 2.50. The summed E-state index contributed by atoms with van der Waals surface area (Å²) in [5.74, 6) is -1.05. The first-order valence-corrected chi connectivity index (χ1v) is 8.73. The van der Waals surface area contributed by atoms with E-state index in [0.29, 0.717) is 5.56 Å². The van der Waals surface area contributed by atoms with Crippen LogP contribution in [0.25, 0.3) is 0 Å². The molecule has 29 heavy (non-hydrogen) atoms. The summed E-state index contributed by atoms with van der Waals surface area (Å²) < 4.78 is 0. The Morgan fingerprint density at radius 3 is 1.45 bits per heavy atom. The van der Waals surface area contributed by atoms with Crippen LogP contribution in [0, 0.1) is 30.3 Å². The second kappa shape index (κ2) is 5.68. The molecule has 3 aromatic carbocycles. The van der Waals surface area contributed by atoms with E-state index < -0.39 is 43.7 Å². The minimum Gasteiger partial charge on any atom is -0.258 e. The number of nitrogens with zero attached hydrogens (tertiary/aromatic N) is 3. The van der Waals surface area contributed by atoms with E-state index in [0.717, 1.165) is 28.3 Å². The first-order chi connectivity index (χ1) is 13.9. The molecule has 0 spiro atoms. The van der Waals surface area contributed by atoms with E-state index in [2.05, 4.69) is 0 Å². The molecular formula is C20H11N3O6. The van der Waals surface area contributed by atoms with Crippen LogP contribution < -0.4 is 0 Å². The molecule has 0 heterocycles. The van der Waals surface area contributed by atoms with Crippen LogP contribution in [0.5, 0.6) is 0 Å². The van der Waals surface area contributed by atoms with E-state index in [1.54, 1.807) is 0 Å². The van der Waals surface area contributed by atoms with Crippen molar-refractivity contribution in [2.24, 2.45) is 0 Å². The van der Waals surface area contributed by atoms with Gasteiger partial charge in [0.2, 0.25) is 0 Å². The minimum absolute atomic E-state index is 0.176. The summed E-state index contributed by atoms with van der Waals surface area (Å²) in [7, 11) is 0. The zero-order valence-electron chi connectivity index (χ0n) is 14.6. The molecule has 0 fully saturated rings. The maximum atomic E-state index is 12.0. The van der Waals surface area contributed by atoms with Crippen molar-refractivity contribution in [1.29, 1.82) is 0 Å². The lowest BCUT2D eigenvalue weighted by Gasteiger charge is -2.41. The zero-order valence-corrected chi connectivity index (χ0v) is 14.6. The van der Waals surface area contributed by atoms with Crippen molar-refractivity contribution in [3.05, 3.63) is 118 Å². The van der Waals surface area contributed by atoms with Crippen molar-refractivity contribution in [3.63, 3.8) is 0 Å². The van der Waals surface area contributed by atoms with Crippen LogP contribution in [0.1, 0.15) is 45.2 Å². The molecule has 9 nitrogen and oxygen atoms in total. The molecular weight excluding hydrogens is 378 g/mol. The van der Waals surface area contributed by atoms with Gasteiger partial charge in [0.05, 0.1) is 20.3 Å². The fraction of sp³-hybridized carbons (Fsp3) is 0.100. The third kappa shape index (κ3) is 2.09. The predicted molar refractivity (Wildman–Crippen MR) is 101 cm³/mol. The van der Waals surface area contributed by atoms with Gasteiger partial charge in [-0.1, -0.05) is 48.5 Å². The summed E-state index contributed by atoms with van der Waals surface area (Å²) in [6.07, 6.45) is 0. The molecule has 9 heteroatoms. The van der Waals surface area contributed by atoms with E-state index in [1.807, 2.05) is 48.5 Å². The first-order valence-electron chi connectivity index (χ1n) is 8.73. The molecule has 0 saturated heterocycles. The topological polar surface area (TPSA) is 129 Å². The Morgan fingerprint density at radius 2 is 1.03 bits per heavy atom. The number of nitro benzene ring substituents is 3. The summed E-state index contributed by atoms with van der Waals surface area (Å²) in [5.41, 5.74) is 1.31. The van der Waals surface area contributed by atoms with Gasteiger partial charge in [0.15, 0.2) is 0 Å². The molecule has 3 aliphatic rings. The van der Waals surface area contributed by atoms with Gasteiger partial charge in [-0.15, -0.1) is 0 Å². The van der Waals surface area contributed by atoms with Crippen LogP contribution in [0.2, 0.25) is 0 Å². The maximum absolute atomic E-state index is 12.0. The molecule has 2 bridgehead atoms. The minimum atomic E-state index is -1.07. The Bertz CT molecular complexity index is 1220. The maximum Gasteiger partial charge on any atom is 0.422 e. The lowest BCUT2D eigenvalue weighted by molar-refractivity contribution is -0.441. The molecule has 3 aliphatic carbocycles. The monoisotopic (exact) mass is 389 g/mol. The molecule has 0 atom stereocenters. The number of benzene rings is 3. The molecule has 142 valence electrons. The van der Waals surface area contributed by atoms with Crippen LogP contribution in [0.3, 0.4) is 0 Å². The van der Waals surface area contributed by atoms with E-state index in [9.17, 15) is 30.3 Å². The highest BCUT2D eigenvalue weighted by atomic mass is 16.6. The van der Waals surface area contributed by atoms with Crippen molar-refractivity contribution >= 4 is 17.1 Å². The SMILES string of the molecule is O=[N+]([O-])c1cc2c(c([N+](=O)[O-])c1[N+](=O)[O-])C1c3ccccc3C2c2ccccc21. The molecule has 0 unspecified atom stereocenters. The summed E-state index contributed by atoms with van der Waals surface area (Å²) in [5, 5.41) is 35.1. The Hall–Kier alpha value is -4.14. The highest BCUT2D eigenvalue weighted by Crippen LogP contribution is 2.60. The zero-order chi connectivity index (χ0) is 20.4. The largest absolute Gasteiger partial charge is 0.422 e. The van der Waals surface area contributed by atoms with Gasteiger partial charge < -0.3 is 0 Å². The third-order valence-corrected chi connectivity index (χ3v) is 5.72. The number of hydrogen-bond donors (Lipinski definition) is 0. The Kier molecular flexibility index (Phi) is 3.33. The Morgan fingerprint density at radius 1 is 0.586 bits per heavy atom. The normalized spacial score (nSPS) is 17.8. The van der Waals surface area contributed by atoms with Gasteiger partial charge in [0.1, 0.15) is 0 Å². The fourth-order valence-corrected chi connectivity index (χ4v) is 4.78. The van der Waals surface area contributed by atoms with Crippen molar-refractivity contribution in [3.8, 4) is 0 Å². The second-order valence-electron chi connectivity index (χ2n) is 6.99. The summed E-state index contributed by atoms with van der Waals surface area (Å²) >= 11 is 0. The standard InChI is InChI=1S/C20H11N3O6/c24-21(25)15-9-14-16-10-5-1-3-7-12(10)17(13-8-4-2-6-11(13)16)18(14)20(23(28)29)19(15)22(26)27/h1-9,16-17H. The van der Waals surface area contributed by atoms with E-state index in [-0.39, 0.29) is 5.56 Å². The van der Waals surface area contributed by atoms with Crippen LogP contribution in [-0.2, 0) is 0 Å². The summed E-state index contributed by atoms with van der Waals surface area (Å²) in [6.45, 7) is 0. The fourth-order valence-electron chi connectivity index (χ4n) is 4.78. The van der Waals surface area contributed by atoms with Crippen LogP contribution >= 0.6 is 0 Å². The van der Waals surface area contributed by atoms with Crippen LogP contribution in [0.15, 0.2) is 54.6 Å². The smallest absolute Gasteiger partial charge is 0.258 e. The van der Waals surface area contributed by atoms with Gasteiger partial charge in [-0.2, -0.15) is 0 Å². The van der Waals surface area contributed by atoms with E-state index >= 15 is 0 Å². The molecule has 3 aromatic rings. The highest BCUT2D eigenvalue weighted by molar-refractivity contribution is 5.80. The summed E-state index contributed by atoms with van der Waals surface area (Å²) in [6, 6.07) is 15.9. The van der Waals surface area contributed by atoms with Crippen LogP contribution in [-0.4, -0.2) is 14.8 Å². The van der Waals surface area contributed by atoms with Gasteiger partial charge in [-0.25, -0.2) is 0 Å². The van der Waals surface area contributed by atoms with Crippen LogP contribution in [0.4, 0.5) is 17.1 Å². The van der Waals surface area contributed by atoms with E-state index in [4.69, 9.17) is 0 Å². The van der Waals surface area contributed by atoms with Crippen molar-refractivity contribution in [2.75, 3.05) is 0 Å². The summed E-state index contributed by atoms with van der Waals surface area (Å²) in [4.78, 5) is 32.3.